The summed E-state index contributed by atoms with van der Waals surface area (Å²) in [4.78, 5) is 8.82. The fourth-order valence-corrected chi connectivity index (χ4v) is 5.13. The van der Waals surface area contributed by atoms with Crippen LogP contribution < -0.4 is 0 Å². The van der Waals surface area contributed by atoms with Crippen molar-refractivity contribution in [3.8, 4) is 0 Å². The average molecular weight is 399 g/mol. The van der Waals surface area contributed by atoms with Crippen LogP contribution in [0.3, 0.4) is 0 Å². The van der Waals surface area contributed by atoms with E-state index in [9.17, 15) is 0 Å². The lowest BCUT2D eigenvalue weighted by Crippen LogP contribution is -2.05. The maximum Gasteiger partial charge on any atom is 0.0742 e. The van der Waals surface area contributed by atoms with Crippen molar-refractivity contribution < 1.29 is 0 Å². The minimum absolute atomic E-state index is 0.858. The molecule has 0 saturated heterocycles. The number of nitrogens with zero attached hydrogens (tertiary/aromatic N) is 1. The molecule has 1 N–H and O–H groups in total. The predicted octanol–water partition coefficient (Wildman–Crippen LogP) is 7.39. The predicted molar refractivity (Wildman–Crippen MR) is 130 cm³/mol. The summed E-state index contributed by atoms with van der Waals surface area (Å²) in [6.07, 6.45) is 3.06. The average Bonchev–Trinajstić information content (AvgIpc) is 3.14. The molecule has 2 heteroatoms. The zero-order chi connectivity index (χ0) is 22.1. The van der Waals surface area contributed by atoms with E-state index in [2.05, 4.69) is 80.4 Å². The summed E-state index contributed by atoms with van der Waals surface area (Å²) >= 11 is 0. The van der Waals surface area contributed by atoms with Crippen LogP contribution in [0.15, 0.2) is 6.20 Å². The summed E-state index contributed by atoms with van der Waals surface area (Å²) in [5.41, 5.74) is 18.7. The highest BCUT2D eigenvalue weighted by atomic mass is 14.7. The normalized spacial score (nSPS) is 11.8. The van der Waals surface area contributed by atoms with Crippen molar-refractivity contribution in [3.05, 3.63) is 73.1 Å². The lowest BCUT2D eigenvalue weighted by molar-refractivity contribution is 1.05. The highest BCUT2D eigenvalue weighted by Crippen LogP contribution is 2.35. The van der Waals surface area contributed by atoms with Gasteiger partial charge in [-0.15, -0.1) is 0 Å². The van der Waals surface area contributed by atoms with Gasteiger partial charge in [0.15, 0.2) is 0 Å². The molecular formula is C28H34N2. The third kappa shape index (κ3) is 2.73. The van der Waals surface area contributed by atoms with Gasteiger partial charge in [-0.25, -0.2) is 0 Å². The minimum atomic E-state index is 0.858. The molecule has 0 unspecified atom stereocenters. The fourth-order valence-electron chi connectivity index (χ4n) is 5.13. The lowest BCUT2D eigenvalue weighted by Gasteiger charge is -2.19. The highest BCUT2D eigenvalue weighted by Gasteiger charge is 2.19. The van der Waals surface area contributed by atoms with Gasteiger partial charge >= 0.3 is 0 Å². The van der Waals surface area contributed by atoms with Gasteiger partial charge in [0.25, 0.3) is 0 Å². The maximum absolute atomic E-state index is 5.26. The Hall–Kier alpha value is -2.61. The summed E-state index contributed by atoms with van der Waals surface area (Å²) in [5, 5.41) is 2.72. The van der Waals surface area contributed by atoms with Crippen LogP contribution in [-0.2, 0) is 6.42 Å². The van der Waals surface area contributed by atoms with Crippen molar-refractivity contribution in [3.63, 3.8) is 0 Å². The topological polar surface area (TPSA) is 28.7 Å². The van der Waals surface area contributed by atoms with Crippen LogP contribution in [0.4, 0.5) is 0 Å². The number of hydrogen-bond donors (Lipinski definition) is 1. The van der Waals surface area contributed by atoms with Crippen LogP contribution in [0, 0.1) is 69.2 Å². The molecule has 2 aromatic carbocycles. The molecule has 30 heavy (non-hydrogen) atoms. The lowest BCUT2D eigenvalue weighted by atomic mass is 9.89. The first-order chi connectivity index (χ1) is 14.1. The number of pyridine rings is 1. The molecule has 0 bridgehead atoms. The van der Waals surface area contributed by atoms with Crippen molar-refractivity contribution >= 4 is 21.8 Å². The molecule has 0 atom stereocenters. The molecule has 0 aliphatic heterocycles. The van der Waals surface area contributed by atoms with Gasteiger partial charge in [0.05, 0.1) is 5.52 Å². The highest BCUT2D eigenvalue weighted by molar-refractivity contribution is 5.93. The molecule has 0 aliphatic carbocycles. The van der Waals surface area contributed by atoms with Crippen LogP contribution in [0.5, 0.6) is 0 Å². The van der Waals surface area contributed by atoms with Crippen molar-refractivity contribution in [1.82, 2.24) is 9.97 Å². The standard InChI is InChI=1S/C28H34N2/c1-13-16(4)22(10)28-25(18(13)6)20(8)17(5)24(30-28)11-23-12-29-27-21(9)15(3)14(2)19(7)26(23)27/h12,29H,11H2,1-10H3. The van der Waals surface area contributed by atoms with E-state index in [0.29, 0.717) is 0 Å². The van der Waals surface area contributed by atoms with Crippen molar-refractivity contribution in [1.29, 1.82) is 0 Å². The monoisotopic (exact) mass is 398 g/mol. The van der Waals surface area contributed by atoms with Gasteiger partial charge in [-0.2, -0.15) is 0 Å². The first-order valence-electron chi connectivity index (χ1n) is 11.0. The number of H-pyrrole nitrogens is 1. The minimum Gasteiger partial charge on any atom is -0.361 e. The number of aromatic amines is 1. The quantitative estimate of drug-likeness (QED) is 0.374. The Morgan fingerprint density at radius 2 is 1.07 bits per heavy atom. The molecule has 0 radical (unpaired) electrons. The number of aromatic nitrogens is 2. The summed E-state index contributed by atoms with van der Waals surface area (Å²) in [5.74, 6) is 0. The van der Waals surface area contributed by atoms with Gasteiger partial charge in [-0.1, -0.05) is 0 Å². The summed E-state index contributed by atoms with van der Waals surface area (Å²) < 4.78 is 0. The Bertz CT molecular complexity index is 1350. The van der Waals surface area contributed by atoms with Crippen molar-refractivity contribution in [2.75, 3.05) is 0 Å². The molecule has 0 amide bonds. The van der Waals surface area contributed by atoms with E-state index in [0.717, 1.165) is 6.42 Å². The van der Waals surface area contributed by atoms with Gasteiger partial charge in [0.1, 0.15) is 0 Å². The second kappa shape index (κ2) is 6.97. The third-order valence-electron chi connectivity index (χ3n) is 8.03. The van der Waals surface area contributed by atoms with Crippen LogP contribution in [0.1, 0.15) is 66.9 Å². The van der Waals surface area contributed by atoms with Crippen LogP contribution in [0.2, 0.25) is 0 Å². The molecule has 2 aromatic heterocycles. The zero-order valence-corrected chi connectivity index (χ0v) is 20.2. The number of nitrogens with one attached hydrogen (secondary N) is 1. The molecule has 0 aliphatic rings. The van der Waals surface area contributed by atoms with Crippen molar-refractivity contribution in [2.24, 2.45) is 0 Å². The summed E-state index contributed by atoms with van der Waals surface area (Å²) in [6, 6.07) is 0. The van der Waals surface area contributed by atoms with E-state index >= 15 is 0 Å². The summed E-state index contributed by atoms with van der Waals surface area (Å²) in [7, 11) is 0. The van der Waals surface area contributed by atoms with Gasteiger partial charge in [-0.05, 0) is 130 Å². The maximum atomic E-state index is 5.26. The van der Waals surface area contributed by atoms with E-state index < -0.39 is 0 Å². The Kier molecular flexibility index (Phi) is 4.80. The van der Waals surface area contributed by atoms with E-state index in [-0.39, 0.29) is 0 Å². The molecule has 0 fully saturated rings. The molecule has 4 aromatic rings. The van der Waals surface area contributed by atoms with Crippen LogP contribution >= 0.6 is 0 Å². The number of benzene rings is 2. The SMILES string of the molecule is Cc1c(C)c(C)c2c(C)c(C)c(Cc3c[nH]c4c(C)c(C)c(C)c(C)c34)nc2c1C. The number of rotatable bonds is 2. The molecule has 2 nitrogen and oxygen atoms in total. The number of fused-ring (bicyclic) bond motifs is 2. The molecular weight excluding hydrogens is 364 g/mol. The Morgan fingerprint density at radius 1 is 0.567 bits per heavy atom. The van der Waals surface area contributed by atoms with Gasteiger partial charge in [-0.3, -0.25) is 4.98 Å². The Balaban J connectivity index is 1.98. The molecule has 0 spiro atoms. The second-order valence-corrected chi connectivity index (χ2v) is 9.27. The number of aryl methyl sites for hydroxylation is 5. The third-order valence-corrected chi connectivity index (χ3v) is 8.03. The van der Waals surface area contributed by atoms with E-state index in [1.807, 2.05) is 0 Å². The Morgan fingerprint density at radius 3 is 1.70 bits per heavy atom. The summed E-state index contributed by atoms with van der Waals surface area (Å²) in [6.45, 7) is 22.4. The molecule has 156 valence electrons. The Labute approximate surface area is 180 Å². The second-order valence-electron chi connectivity index (χ2n) is 9.27. The molecule has 2 heterocycles. The van der Waals surface area contributed by atoms with Crippen LogP contribution in [-0.4, -0.2) is 9.97 Å². The molecule has 0 saturated carbocycles. The van der Waals surface area contributed by atoms with E-state index in [1.165, 1.54) is 88.7 Å². The molecule has 4 rings (SSSR count). The van der Waals surface area contributed by atoms with Crippen molar-refractivity contribution in [2.45, 2.75) is 75.7 Å². The zero-order valence-electron chi connectivity index (χ0n) is 20.2. The van der Waals surface area contributed by atoms with Crippen LogP contribution in [0.25, 0.3) is 21.8 Å². The smallest absolute Gasteiger partial charge is 0.0742 e. The van der Waals surface area contributed by atoms with E-state index in [4.69, 9.17) is 4.98 Å². The van der Waals surface area contributed by atoms with Gasteiger partial charge in [0.2, 0.25) is 0 Å². The number of hydrogen-bond acceptors (Lipinski definition) is 1. The largest absolute Gasteiger partial charge is 0.361 e. The first-order valence-corrected chi connectivity index (χ1v) is 11.0. The first kappa shape index (κ1) is 20.7. The van der Waals surface area contributed by atoms with Gasteiger partial charge in [0, 0.05) is 34.6 Å². The van der Waals surface area contributed by atoms with Gasteiger partial charge < -0.3 is 4.98 Å². The fraction of sp³-hybridized carbons (Fsp3) is 0.393. The van der Waals surface area contributed by atoms with E-state index in [1.54, 1.807) is 0 Å².